The molecule has 2 aliphatic rings. The molecule has 0 spiro atoms. The zero-order valence-corrected chi connectivity index (χ0v) is 36.5. The van der Waals surface area contributed by atoms with Gasteiger partial charge in [-0.25, -0.2) is 0 Å². The van der Waals surface area contributed by atoms with Gasteiger partial charge in [0.15, 0.2) is 0 Å². The number of amides is 2. The van der Waals surface area contributed by atoms with Crippen LogP contribution in [0.25, 0.3) is 0 Å². The quantitative estimate of drug-likeness (QED) is 0.0522. The van der Waals surface area contributed by atoms with Gasteiger partial charge in [0.1, 0.15) is 0 Å². The van der Waals surface area contributed by atoms with Crippen molar-refractivity contribution in [2.75, 3.05) is 27.8 Å². The molecule has 58 heavy (non-hydrogen) atoms. The standard InChI is InChI=1S/C27H39N2.C18H10F5NO3.ClH.Ru/c1-18(2)22-11-9-12-23(19(3)4)26(22)28-15-16-29(17-28)27-24(20(5)6)13-10-14-25(27)21(7)8;1-3-9-17(25)24(8-6-4-5-7(2)16(8)27-9)18(26)10-11(19)13(21)15(23)14(22)12(10)20;;/h9-14,17-21H,15-16H2,1-8H3;2,4-6,9H,3H2,1H3;1H;/q;;;+1/p-1. The third kappa shape index (κ3) is 7.60. The number of nitrogens with zero attached hydrogens (tertiary/aromatic N) is 3. The first-order valence-electron chi connectivity index (χ1n) is 19.6. The molecule has 312 valence electrons. The summed E-state index contributed by atoms with van der Waals surface area (Å²) < 4.78 is 80.6. The molecule has 0 aromatic heterocycles. The van der Waals surface area contributed by atoms with E-state index >= 15 is 8.78 Å². The van der Waals surface area contributed by atoms with Crippen molar-refractivity contribution in [2.24, 2.45) is 0 Å². The van der Waals surface area contributed by atoms with E-state index in [-0.39, 0.29) is 46.3 Å². The van der Waals surface area contributed by atoms with Gasteiger partial charge in [0.25, 0.3) is 0 Å². The summed E-state index contributed by atoms with van der Waals surface area (Å²) in [6.07, 6.45) is -1.27. The van der Waals surface area contributed by atoms with Crippen LogP contribution in [0.2, 0.25) is 0 Å². The SMILES string of the molecule is CCC1Oc2c([CH]=[Ru]([Cl])[CH]3N(c4c(C(C)C)cccc4C(C)C)CCN3c3c(C(C)C)cccc3C(C)C)cccc2N(C(=O)c2c(F)c(F)c(F)c(F)c2F)C1=O. The van der Waals surface area contributed by atoms with Crippen molar-refractivity contribution in [1.29, 1.82) is 0 Å². The zero-order valence-electron chi connectivity index (χ0n) is 34.0. The van der Waals surface area contributed by atoms with E-state index in [2.05, 4.69) is 102 Å². The van der Waals surface area contributed by atoms with Gasteiger partial charge in [-0.1, -0.05) is 0 Å². The Morgan fingerprint density at radius 1 is 0.724 bits per heavy atom. The van der Waals surface area contributed by atoms with E-state index in [1.54, 1.807) is 13.0 Å². The predicted molar refractivity (Wildman–Crippen MR) is 218 cm³/mol. The summed E-state index contributed by atoms with van der Waals surface area (Å²) in [6, 6.07) is 17.5. The molecule has 1 unspecified atom stereocenters. The summed E-state index contributed by atoms with van der Waals surface area (Å²) in [5, 5.41) is 0. The van der Waals surface area contributed by atoms with Crippen LogP contribution >= 0.6 is 9.69 Å². The van der Waals surface area contributed by atoms with Gasteiger partial charge in [0.2, 0.25) is 0 Å². The van der Waals surface area contributed by atoms with E-state index < -0.39 is 67.1 Å². The molecule has 6 nitrogen and oxygen atoms in total. The first-order chi connectivity index (χ1) is 27.4. The molecule has 0 bridgehead atoms. The Morgan fingerprint density at radius 3 is 1.55 bits per heavy atom. The van der Waals surface area contributed by atoms with Gasteiger partial charge in [-0.15, -0.1) is 0 Å². The number of halogens is 6. The average molecular weight is 911 g/mol. The molecule has 0 N–H and O–H groups in total. The van der Waals surface area contributed by atoms with Gasteiger partial charge in [0.05, 0.1) is 0 Å². The van der Waals surface area contributed by atoms with Crippen molar-refractivity contribution in [1.82, 2.24) is 0 Å². The van der Waals surface area contributed by atoms with Gasteiger partial charge >= 0.3 is 348 Å². The number of para-hydroxylation sites is 3. The molecule has 1 atom stereocenters. The number of benzene rings is 4. The Hall–Kier alpha value is -4.15. The first-order valence-corrected chi connectivity index (χ1v) is 23.8. The van der Waals surface area contributed by atoms with E-state index in [0.29, 0.717) is 23.6 Å². The molecule has 1 fully saturated rings. The summed E-state index contributed by atoms with van der Waals surface area (Å²) >= 11 is -2.77. The summed E-state index contributed by atoms with van der Waals surface area (Å²) in [5.74, 6) is -13.5. The fourth-order valence-corrected chi connectivity index (χ4v) is 12.4. The van der Waals surface area contributed by atoms with Crippen LogP contribution in [-0.4, -0.2) is 40.4 Å². The Labute approximate surface area is 346 Å². The molecular formula is C45H49ClF5N3O3Ru. The van der Waals surface area contributed by atoms with Crippen LogP contribution in [0.5, 0.6) is 5.75 Å². The fourth-order valence-electron chi connectivity index (χ4n) is 7.83. The average Bonchev–Trinajstić information content (AvgIpc) is 3.63. The van der Waals surface area contributed by atoms with Crippen molar-refractivity contribution < 1.29 is 50.8 Å². The number of ether oxygens (including phenoxy) is 1. The maximum atomic E-state index is 15.0. The minimum absolute atomic E-state index is 0.0354. The number of anilines is 3. The second-order valence-corrected chi connectivity index (χ2v) is 20.4. The van der Waals surface area contributed by atoms with Crippen LogP contribution in [-0.2, 0) is 19.3 Å². The van der Waals surface area contributed by atoms with Gasteiger partial charge in [-0.3, -0.25) is 0 Å². The molecule has 6 rings (SSSR count). The van der Waals surface area contributed by atoms with Gasteiger partial charge in [-0.05, 0) is 0 Å². The molecule has 0 aliphatic carbocycles. The minimum atomic E-state index is -2.77. The fraction of sp³-hybridized carbons (Fsp3) is 0.400. The van der Waals surface area contributed by atoms with Crippen LogP contribution in [0.3, 0.4) is 0 Å². The van der Waals surface area contributed by atoms with Crippen molar-refractivity contribution >= 4 is 43.2 Å². The van der Waals surface area contributed by atoms with Crippen LogP contribution in [0.15, 0.2) is 54.6 Å². The Morgan fingerprint density at radius 2 is 1.14 bits per heavy atom. The van der Waals surface area contributed by atoms with E-state index in [4.69, 9.17) is 14.4 Å². The van der Waals surface area contributed by atoms with Crippen LogP contribution in [0, 0.1) is 29.1 Å². The van der Waals surface area contributed by atoms with E-state index in [1.807, 2.05) is 4.61 Å². The van der Waals surface area contributed by atoms with E-state index in [9.17, 15) is 22.8 Å². The third-order valence-corrected chi connectivity index (χ3v) is 15.0. The normalized spacial score (nSPS) is 17.0. The zero-order chi connectivity index (χ0) is 42.5. The molecule has 0 saturated carbocycles. The monoisotopic (exact) mass is 911 g/mol. The molecule has 0 radical (unpaired) electrons. The van der Waals surface area contributed by atoms with Crippen LogP contribution < -0.4 is 19.4 Å². The molecule has 1 saturated heterocycles. The number of hydrogen-bond donors (Lipinski definition) is 0. The number of fused-ring (bicyclic) bond motifs is 1. The van der Waals surface area contributed by atoms with Crippen molar-refractivity contribution in [3.63, 3.8) is 0 Å². The summed E-state index contributed by atoms with van der Waals surface area (Å²) in [6.45, 7) is 20.4. The molecule has 2 heterocycles. The summed E-state index contributed by atoms with van der Waals surface area (Å²) in [5.41, 5.74) is 5.58. The number of imide groups is 1. The molecule has 2 amide bonds. The van der Waals surface area contributed by atoms with Gasteiger partial charge < -0.3 is 0 Å². The van der Waals surface area contributed by atoms with Gasteiger partial charge in [-0.2, -0.15) is 0 Å². The molecule has 4 aromatic rings. The van der Waals surface area contributed by atoms with Crippen molar-refractivity contribution in [3.8, 4) is 5.75 Å². The maximum absolute atomic E-state index is 15.0. The third-order valence-electron chi connectivity index (χ3n) is 10.7. The van der Waals surface area contributed by atoms with Crippen LogP contribution in [0.1, 0.15) is 131 Å². The summed E-state index contributed by atoms with van der Waals surface area (Å²) in [4.78, 5) is 32.9. The number of carbonyl (C=O) groups is 2. The first kappa shape index (κ1) is 43.4. The number of carbonyl (C=O) groups excluding carboxylic acids is 2. The molecular weight excluding hydrogens is 862 g/mol. The Kier molecular flexibility index (Phi) is 12.9. The van der Waals surface area contributed by atoms with Crippen molar-refractivity contribution in [2.45, 2.75) is 103 Å². The summed E-state index contributed by atoms with van der Waals surface area (Å²) in [7, 11) is 7.85. The number of rotatable bonds is 10. The van der Waals surface area contributed by atoms with Gasteiger partial charge in [0, 0.05) is 0 Å². The molecule has 4 aromatic carbocycles. The van der Waals surface area contributed by atoms with E-state index in [1.165, 1.54) is 34.4 Å². The van der Waals surface area contributed by atoms with Crippen LogP contribution in [0.4, 0.5) is 39.0 Å². The predicted octanol–water partition coefficient (Wildman–Crippen LogP) is 11.5. The molecule has 13 heteroatoms. The molecule has 2 aliphatic heterocycles. The Bertz CT molecular complexity index is 2140. The second kappa shape index (κ2) is 17.2. The Balaban J connectivity index is 1.58. The second-order valence-electron chi connectivity index (χ2n) is 15.9. The van der Waals surface area contributed by atoms with E-state index in [0.717, 1.165) is 11.4 Å². The van der Waals surface area contributed by atoms with Crippen molar-refractivity contribution in [3.05, 3.63) is 117 Å². The number of hydrogen-bond acceptors (Lipinski definition) is 5. The topological polar surface area (TPSA) is 53.1 Å².